The summed E-state index contributed by atoms with van der Waals surface area (Å²) in [6.45, 7) is 4.43. The van der Waals surface area contributed by atoms with Gasteiger partial charge in [0.25, 0.3) is 5.56 Å². The molecular weight excluding hydrogens is 512 g/mol. The van der Waals surface area contributed by atoms with Gasteiger partial charge in [-0.3, -0.25) is 9.36 Å². The predicted molar refractivity (Wildman–Crippen MR) is 156 cm³/mol. The zero-order valence-corrected chi connectivity index (χ0v) is 23.0. The Bertz CT molecular complexity index is 2010. The maximum absolute atomic E-state index is 14.0. The molecule has 10 heteroatoms. The molecule has 9 nitrogen and oxygen atoms in total. The van der Waals surface area contributed by atoms with Crippen LogP contribution in [0.5, 0.6) is 5.75 Å². The molecule has 2 aromatic carbocycles. The van der Waals surface area contributed by atoms with E-state index in [1.165, 1.54) is 15.9 Å². The van der Waals surface area contributed by atoms with Gasteiger partial charge in [0.1, 0.15) is 10.6 Å². The van der Waals surface area contributed by atoms with Crippen molar-refractivity contribution in [2.24, 2.45) is 12.8 Å². The van der Waals surface area contributed by atoms with Crippen molar-refractivity contribution in [2.45, 2.75) is 20.4 Å². The third-order valence-corrected chi connectivity index (χ3v) is 8.49. The van der Waals surface area contributed by atoms with Crippen LogP contribution < -0.4 is 21.7 Å². The normalized spacial score (nSPS) is 11.6. The quantitative estimate of drug-likeness (QED) is 0.342. The maximum Gasteiger partial charge on any atom is 0.336 e. The van der Waals surface area contributed by atoms with Gasteiger partial charge in [0.15, 0.2) is 0 Å². The molecule has 4 heterocycles. The molecule has 0 aliphatic heterocycles. The number of methoxy groups -OCH3 is 1. The monoisotopic (exact) mass is 540 g/mol. The summed E-state index contributed by atoms with van der Waals surface area (Å²) in [6.07, 6.45) is 5.64. The van der Waals surface area contributed by atoms with E-state index in [2.05, 4.69) is 4.98 Å². The van der Waals surface area contributed by atoms with Gasteiger partial charge in [0.2, 0.25) is 0 Å². The third kappa shape index (κ3) is 3.91. The van der Waals surface area contributed by atoms with E-state index < -0.39 is 5.69 Å². The number of imidazole rings is 1. The van der Waals surface area contributed by atoms with Crippen LogP contribution in [0.4, 0.5) is 0 Å². The molecule has 0 amide bonds. The van der Waals surface area contributed by atoms with Crippen LogP contribution in [0.1, 0.15) is 11.3 Å². The Labute approximate surface area is 227 Å². The van der Waals surface area contributed by atoms with Crippen LogP contribution in [0.25, 0.3) is 42.9 Å². The summed E-state index contributed by atoms with van der Waals surface area (Å²) in [7, 11) is 3.59. The molecule has 2 N–H and O–H groups in total. The number of benzene rings is 2. The molecule has 4 aromatic heterocycles. The highest BCUT2D eigenvalue weighted by Crippen LogP contribution is 2.39. The number of rotatable bonds is 6. The van der Waals surface area contributed by atoms with E-state index in [1.807, 2.05) is 84.9 Å². The summed E-state index contributed by atoms with van der Waals surface area (Å²) in [5.41, 5.74) is 10.2. The number of fused-ring (bicyclic) bond motifs is 2. The largest absolute Gasteiger partial charge is 0.495 e. The third-order valence-electron chi connectivity index (χ3n) is 7.12. The number of hydrogen-bond donors (Lipinski definition) is 1. The Balaban J connectivity index is 1.58. The summed E-state index contributed by atoms with van der Waals surface area (Å²) in [4.78, 5) is 33.5. The van der Waals surface area contributed by atoms with E-state index >= 15 is 0 Å². The summed E-state index contributed by atoms with van der Waals surface area (Å²) in [5, 5.41) is 1.47. The highest BCUT2D eigenvalue weighted by molar-refractivity contribution is 7.22. The lowest BCUT2D eigenvalue weighted by atomic mass is 10.1. The van der Waals surface area contributed by atoms with Gasteiger partial charge in [0, 0.05) is 48.3 Å². The predicted octanol–water partition coefficient (Wildman–Crippen LogP) is 4.14. The zero-order chi connectivity index (χ0) is 27.4. The maximum atomic E-state index is 14.0. The zero-order valence-electron chi connectivity index (χ0n) is 22.1. The van der Waals surface area contributed by atoms with Crippen LogP contribution in [0.15, 0.2) is 70.8 Å². The second-order valence-electron chi connectivity index (χ2n) is 9.58. The molecule has 0 fully saturated rings. The van der Waals surface area contributed by atoms with Crippen LogP contribution in [0.3, 0.4) is 0 Å². The van der Waals surface area contributed by atoms with Gasteiger partial charge in [-0.2, -0.15) is 0 Å². The van der Waals surface area contributed by atoms with E-state index in [1.54, 1.807) is 18.0 Å². The number of nitrogens with two attached hydrogens (primary N) is 1. The fourth-order valence-electron chi connectivity index (χ4n) is 5.17. The molecule has 0 bridgehead atoms. The van der Waals surface area contributed by atoms with E-state index in [4.69, 9.17) is 10.5 Å². The number of aromatic nitrogens is 5. The van der Waals surface area contributed by atoms with Gasteiger partial charge in [-0.1, -0.05) is 6.07 Å². The van der Waals surface area contributed by atoms with E-state index in [0.29, 0.717) is 28.2 Å². The second-order valence-corrected chi connectivity index (χ2v) is 10.6. The van der Waals surface area contributed by atoms with Gasteiger partial charge in [0.05, 0.1) is 35.9 Å². The fraction of sp³-hybridized carbons (Fsp3) is 0.207. The average molecular weight is 541 g/mol. The van der Waals surface area contributed by atoms with Crippen LogP contribution in [-0.4, -0.2) is 36.9 Å². The number of hydrogen-bond acceptors (Lipinski definition) is 6. The summed E-state index contributed by atoms with van der Waals surface area (Å²) >= 11 is 1.42. The van der Waals surface area contributed by atoms with Crippen molar-refractivity contribution in [1.82, 2.24) is 23.3 Å². The first kappa shape index (κ1) is 24.9. The standard InChI is InChI=1S/C29H28N6O3S/c1-17-15-33(16-31-17)23-7-5-20(14-24(23)38-4)26-18(2)25-27(36)35(29(37)34(12-10-30)28(25)39-26)21-6-8-22-19(13-21)9-11-32(22)3/h5-9,11,13-16H,10,12,30H2,1-4H3. The first-order chi connectivity index (χ1) is 18.8. The molecule has 39 heavy (non-hydrogen) atoms. The number of ether oxygens (including phenoxy) is 1. The molecule has 0 saturated carbocycles. The highest BCUT2D eigenvalue weighted by Gasteiger charge is 2.22. The molecule has 198 valence electrons. The van der Waals surface area contributed by atoms with Gasteiger partial charge < -0.3 is 19.6 Å². The lowest BCUT2D eigenvalue weighted by Crippen LogP contribution is -2.39. The average Bonchev–Trinajstić information content (AvgIpc) is 3.63. The molecule has 0 aliphatic carbocycles. The fourth-order valence-corrected chi connectivity index (χ4v) is 6.48. The molecule has 6 rings (SSSR count). The van der Waals surface area contributed by atoms with Gasteiger partial charge in [-0.05, 0) is 61.4 Å². The number of thiophene rings is 1. The van der Waals surface area contributed by atoms with Crippen LogP contribution >= 0.6 is 11.3 Å². The Kier molecular flexibility index (Phi) is 6.00. The van der Waals surface area contributed by atoms with Crippen molar-refractivity contribution in [3.8, 4) is 27.6 Å². The van der Waals surface area contributed by atoms with Gasteiger partial charge in [-0.15, -0.1) is 11.3 Å². The number of aryl methyl sites for hydroxylation is 3. The second kappa shape index (κ2) is 9.40. The van der Waals surface area contributed by atoms with Gasteiger partial charge >= 0.3 is 5.69 Å². The van der Waals surface area contributed by atoms with Crippen molar-refractivity contribution in [1.29, 1.82) is 0 Å². The van der Waals surface area contributed by atoms with E-state index in [9.17, 15) is 9.59 Å². The Morgan fingerprint density at radius 1 is 1.08 bits per heavy atom. The van der Waals surface area contributed by atoms with Crippen molar-refractivity contribution >= 4 is 32.5 Å². The van der Waals surface area contributed by atoms with Crippen molar-refractivity contribution in [3.63, 3.8) is 0 Å². The van der Waals surface area contributed by atoms with Crippen LogP contribution in [-0.2, 0) is 13.6 Å². The van der Waals surface area contributed by atoms with Gasteiger partial charge in [-0.25, -0.2) is 14.3 Å². The molecule has 0 atom stereocenters. The lowest BCUT2D eigenvalue weighted by Gasteiger charge is -2.12. The SMILES string of the molecule is COc1cc(-c2sc3c(c2C)c(=O)n(-c2ccc4c(ccn4C)c2)c(=O)n3CCN)ccc1-n1cnc(C)c1. The molecular formula is C29H28N6O3S. The first-order valence-corrected chi connectivity index (χ1v) is 13.4. The van der Waals surface area contributed by atoms with E-state index in [-0.39, 0.29) is 12.1 Å². The minimum absolute atomic E-state index is 0.268. The summed E-state index contributed by atoms with van der Waals surface area (Å²) < 4.78 is 12.5. The molecule has 0 radical (unpaired) electrons. The molecule has 0 unspecified atom stereocenters. The molecule has 6 aromatic rings. The van der Waals surface area contributed by atoms with Crippen LogP contribution in [0.2, 0.25) is 0 Å². The first-order valence-electron chi connectivity index (χ1n) is 12.6. The Morgan fingerprint density at radius 2 is 1.90 bits per heavy atom. The Morgan fingerprint density at radius 3 is 2.62 bits per heavy atom. The smallest absolute Gasteiger partial charge is 0.336 e. The van der Waals surface area contributed by atoms with Crippen LogP contribution in [0, 0.1) is 13.8 Å². The minimum Gasteiger partial charge on any atom is -0.495 e. The minimum atomic E-state index is -0.399. The molecule has 0 saturated heterocycles. The number of nitrogens with zero attached hydrogens (tertiary/aromatic N) is 5. The lowest BCUT2D eigenvalue weighted by molar-refractivity contribution is 0.413. The summed E-state index contributed by atoms with van der Waals surface area (Å²) in [6, 6.07) is 13.5. The topological polar surface area (TPSA) is 102 Å². The Hall–Kier alpha value is -4.41. The van der Waals surface area contributed by atoms with E-state index in [0.717, 1.165) is 38.3 Å². The molecule has 0 spiro atoms. The van der Waals surface area contributed by atoms with Crippen molar-refractivity contribution in [2.75, 3.05) is 13.7 Å². The summed E-state index contributed by atoms with van der Waals surface area (Å²) in [5.74, 6) is 0.676. The van der Waals surface area contributed by atoms with Crippen molar-refractivity contribution in [3.05, 3.63) is 93.3 Å². The highest BCUT2D eigenvalue weighted by atomic mass is 32.1. The molecule has 0 aliphatic rings. The van der Waals surface area contributed by atoms with Crippen molar-refractivity contribution < 1.29 is 4.74 Å².